The number of likely N-dealkylation sites (tertiary alicyclic amines) is 1. The molecule has 3 nitrogen and oxygen atoms in total. The van der Waals surface area contributed by atoms with E-state index in [1.54, 1.807) is 0 Å². The summed E-state index contributed by atoms with van der Waals surface area (Å²) in [6.45, 7) is 4.02. The van der Waals surface area contributed by atoms with Gasteiger partial charge in [0.2, 0.25) is 5.91 Å². The molecule has 1 aliphatic rings. The third kappa shape index (κ3) is 2.69. The lowest BCUT2D eigenvalue weighted by atomic mass is 10.1. The number of carbonyl (C=O) groups is 1. The summed E-state index contributed by atoms with van der Waals surface area (Å²) in [5.41, 5.74) is 0. The first-order chi connectivity index (χ1) is 6.29. The van der Waals surface area contributed by atoms with E-state index < -0.39 is 0 Å². The molecule has 1 N–H and O–H groups in total. The largest absolute Gasteiger partial charge is 0.338 e. The molecule has 1 atom stereocenters. The van der Waals surface area contributed by atoms with Crippen LogP contribution in [0.3, 0.4) is 0 Å². The van der Waals surface area contributed by atoms with Crippen LogP contribution in [0.2, 0.25) is 0 Å². The Labute approximate surface area is 80.5 Å². The predicted molar refractivity (Wildman–Crippen MR) is 53.6 cm³/mol. The van der Waals surface area contributed by atoms with Gasteiger partial charge in [-0.3, -0.25) is 4.79 Å². The second-order valence-corrected chi connectivity index (χ2v) is 3.66. The Morgan fingerprint density at radius 2 is 2.31 bits per heavy atom. The topological polar surface area (TPSA) is 32.3 Å². The summed E-state index contributed by atoms with van der Waals surface area (Å²) in [6.07, 6.45) is 4.05. The standard InChI is InChI=1S/C10H20N2O/c1-3-9(8-11-2)12-7-5-4-6-10(12)13/h9,11H,3-8H2,1-2H3. The smallest absolute Gasteiger partial charge is 0.222 e. The molecule has 0 spiro atoms. The Hall–Kier alpha value is -0.570. The van der Waals surface area contributed by atoms with Crippen molar-refractivity contribution in [3.05, 3.63) is 0 Å². The van der Waals surface area contributed by atoms with Crippen molar-refractivity contribution in [1.29, 1.82) is 0 Å². The summed E-state index contributed by atoms with van der Waals surface area (Å²) in [5.74, 6) is 0.341. The van der Waals surface area contributed by atoms with Gasteiger partial charge in [-0.15, -0.1) is 0 Å². The Balaban J connectivity index is 2.49. The molecule has 0 aromatic heterocycles. The minimum Gasteiger partial charge on any atom is -0.338 e. The van der Waals surface area contributed by atoms with Crippen molar-refractivity contribution < 1.29 is 4.79 Å². The third-order valence-electron chi connectivity index (χ3n) is 2.71. The summed E-state index contributed by atoms with van der Waals surface area (Å²) < 4.78 is 0. The lowest BCUT2D eigenvalue weighted by Crippen LogP contribution is -2.47. The molecule has 1 rings (SSSR count). The molecule has 0 bridgehead atoms. The first kappa shape index (κ1) is 10.5. The Morgan fingerprint density at radius 1 is 1.54 bits per heavy atom. The van der Waals surface area contributed by atoms with Gasteiger partial charge in [-0.25, -0.2) is 0 Å². The van der Waals surface area contributed by atoms with Gasteiger partial charge >= 0.3 is 0 Å². The fourth-order valence-electron chi connectivity index (χ4n) is 1.92. The van der Waals surface area contributed by atoms with Crippen LogP contribution < -0.4 is 5.32 Å². The van der Waals surface area contributed by atoms with Crippen molar-refractivity contribution in [3.8, 4) is 0 Å². The second kappa shape index (κ2) is 5.22. The molecule has 1 amide bonds. The number of nitrogens with zero attached hydrogens (tertiary/aromatic N) is 1. The van der Waals surface area contributed by atoms with E-state index in [4.69, 9.17) is 0 Å². The number of rotatable bonds is 4. The van der Waals surface area contributed by atoms with E-state index in [0.717, 1.165) is 32.4 Å². The quantitative estimate of drug-likeness (QED) is 0.707. The molecule has 0 aromatic rings. The maximum absolute atomic E-state index is 11.6. The normalized spacial score (nSPS) is 20.5. The third-order valence-corrected chi connectivity index (χ3v) is 2.71. The molecule has 3 heteroatoms. The highest BCUT2D eigenvalue weighted by atomic mass is 16.2. The molecule has 1 fully saturated rings. The molecule has 0 radical (unpaired) electrons. The lowest BCUT2D eigenvalue weighted by molar-refractivity contribution is -0.135. The van der Waals surface area contributed by atoms with Gasteiger partial charge in [-0.05, 0) is 26.3 Å². The highest BCUT2D eigenvalue weighted by Gasteiger charge is 2.23. The molecule has 1 aliphatic heterocycles. The van der Waals surface area contributed by atoms with E-state index in [-0.39, 0.29) is 0 Å². The van der Waals surface area contributed by atoms with Gasteiger partial charge in [0.1, 0.15) is 0 Å². The Morgan fingerprint density at radius 3 is 2.85 bits per heavy atom. The molecule has 1 heterocycles. The molecule has 0 aromatic carbocycles. The van der Waals surface area contributed by atoms with Gasteiger partial charge < -0.3 is 10.2 Å². The molecular formula is C10H20N2O. The van der Waals surface area contributed by atoms with Gasteiger partial charge in [-0.2, -0.15) is 0 Å². The summed E-state index contributed by atoms with van der Waals surface area (Å²) >= 11 is 0. The zero-order valence-electron chi connectivity index (χ0n) is 8.68. The van der Waals surface area contributed by atoms with E-state index in [0.29, 0.717) is 11.9 Å². The highest BCUT2D eigenvalue weighted by Crippen LogP contribution is 2.15. The maximum Gasteiger partial charge on any atom is 0.222 e. The van der Waals surface area contributed by atoms with E-state index in [1.165, 1.54) is 6.42 Å². The van der Waals surface area contributed by atoms with E-state index in [9.17, 15) is 4.79 Å². The SMILES string of the molecule is CCC(CNC)N1CCCCC1=O. The monoisotopic (exact) mass is 184 g/mol. The molecule has 1 saturated heterocycles. The van der Waals surface area contributed by atoms with Crippen molar-refractivity contribution >= 4 is 5.91 Å². The highest BCUT2D eigenvalue weighted by molar-refractivity contribution is 5.77. The lowest BCUT2D eigenvalue weighted by Gasteiger charge is -2.34. The minimum atomic E-state index is 0.341. The number of hydrogen-bond donors (Lipinski definition) is 1. The fourth-order valence-corrected chi connectivity index (χ4v) is 1.92. The van der Waals surface area contributed by atoms with Crippen LogP contribution in [0.25, 0.3) is 0 Å². The van der Waals surface area contributed by atoms with Gasteiger partial charge in [-0.1, -0.05) is 6.92 Å². The van der Waals surface area contributed by atoms with Crippen LogP contribution in [0.15, 0.2) is 0 Å². The van der Waals surface area contributed by atoms with Crippen molar-refractivity contribution in [2.75, 3.05) is 20.1 Å². The van der Waals surface area contributed by atoms with E-state index in [1.807, 2.05) is 11.9 Å². The summed E-state index contributed by atoms with van der Waals surface area (Å²) in [7, 11) is 1.94. The average molecular weight is 184 g/mol. The van der Waals surface area contributed by atoms with E-state index >= 15 is 0 Å². The van der Waals surface area contributed by atoms with Crippen molar-refractivity contribution in [3.63, 3.8) is 0 Å². The summed E-state index contributed by atoms with van der Waals surface area (Å²) in [5, 5.41) is 3.14. The average Bonchev–Trinajstić information content (AvgIpc) is 2.16. The minimum absolute atomic E-state index is 0.341. The number of likely N-dealkylation sites (N-methyl/N-ethyl adjacent to an activating group) is 1. The van der Waals surface area contributed by atoms with Crippen molar-refractivity contribution in [1.82, 2.24) is 10.2 Å². The first-order valence-electron chi connectivity index (χ1n) is 5.23. The van der Waals surface area contributed by atoms with Crippen LogP contribution >= 0.6 is 0 Å². The molecule has 0 aliphatic carbocycles. The molecule has 0 saturated carbocycles. The van der Waals surface area contributed by atoms with Gasteiger partial charge in [0, 0.05) is 25.6 Å². The molecule has 76 valence electrons. The van der Waals surface area contributed by atoms with Crippen LogP contribution in [0.1, 0.15) is 32.6 Å². The Bertz CT molecular complexity index is 170. The number of carbonyl (C=O) groups excluding carboxylic acids is 1. The van der Waals surface area contributed by atoms with Crippen molar-refractivity contribution in [2.24, 2.45) is 0 Å². The van der Waals surface area contributed by atoms with Crippen LogP contribution in [-0.2, 0) is 4.79 Å². The number of amides is 1. The zero-order chi connectivity index (χ0) is 9.68. The zero-order valence-corrected chi connectivity index (χ0v) is 8.68. The maximum atomic E-state index is 11.6. The first-order valence-corrected chi connectivity index (χ1v) is 5.23. The second-order valence-electron chi connectivity index (χ2n) is 3.66. The van der Waals surface area contributed by atoms with Crippen molar-refractivity contribution in [2.45, 2.75) is 38.6 Å². The van der Waals surface area contributed by atoms with Crippen LogP contribution in [0.5, 0.6) is 0 Å². The summed E-state index contributed by atoms with van der Waals surface area (Å²) in [4.78, 5) is 13.6. The molecular weight excluding hydrogens is 164 g/mol. The predicted octanol–water partition coefficient (Wildman–Crippen LogP) is 0.997. The van der Waals surface area contributed by atoms with Gasteiger partial charge in [0.25, 0.3) is 0 Å². The van der Waals surface area contributed by atoms with Gasteiger partial charge in [0.15, 0.2) is 0 Å². The fraction of sp³-hybridized carbons (Fsp3) is 0.900. The Kier molecular flexibility index (Phi) is 4.22. The number of nitrogens with one attached hydrogen (secondary N) is 1. The molecule has 13 heavy (non-hydrogen) atoms. The summed E-state index contributed by atoms with van der Waals surface area (Å²) in [6, 6.07) is 0.401. The van der Waals surface area contributed by atoms with Crippen LogP contribution in [0.4, 0.5) is 0 Å². The molecule has 1 unspecified atom stereocenters. The van der Waals surface area contributed by atoms with E-state index in [2.05, 4.69) is 12.2 Å². The number of piperidine rings is 1. The van der Waals surface area contributed by atoms with Gasteiger partial charge in [0.05, 0.1) is 0 Å². The number of hydrogen-bond acceptors (Lipinski definition) is 2. The van der Waals surface area contributed by atoms with Crippen LogP contribution in [-0.4, -0.2) is 37.0 Å². The van der Waals surface area contributed by atoms with Crippen LogP contribution in [0, 0.1) is 0 Å².